The predicted octanol–water partition coefficient (Wildman–Crippen LogP) is -0.917. The van der Waals surface area contributed by atoms with Crippen LogP contribution in [-0.2, 0) is 11.3 Å². The van der Waals surface area contributed by atoms with Gasteiger partial charge in [-0.3, -0.25) is 19.1 Å². The molecule has 0 amide bonds. The lowest BCUT2D eigenvalue weighted by atomic mass is 10.1. The van der Waals surface area contributed by atoms with Crippen LogP contribution in [0.4, 0.5) is 0 Å². The van der Waals surface area contributed by atoms with Gasteiger partial charge in [0.05, 0.1) is 35.9 Å². The van der Waals surface area contributed by atoms with E-state index < -0.39 is 12.1 Å². The van der Waals surface area contributed by atoms with E-state index in [9.17, 15) is 14.7 Å². The normalized spacial score (nSPS) is 22.2. The minimum Gasteiger partial charge on any atom is -0.391 e. The average molecular weight is 274 g/mol. The maximum absolute atomic E-state index is 12.2. The molecule has 0 radical (unpaired) electrons. The van der Waals surface area contributed by atoms with Crippen LogP contribution < -0.4 is 10.9 Å². The summed E-state index contributed by atoms with van der Waals surface area (Å²) in [6, 6.07) is 1.04. The molecule has 0 spiro atoms. The number of aliphatic hydroxyl groups is 1. The van der Waals surface area contributed by atoms with Gasteiger partial charge < -0.3 is 10.4 Å². The predicted molar refractivity (Wildman–Crippen MR) is 71.2 cm³/mol. The van der Waals surface area contributed by atoms with Gasteiger partial charge in [-0.15, -0.1) is 0 Å². The Bertz CT molecular complexity index is 712. The minimum atomic E-state index is -0.687. The summed E-state index contributed by atoms with van der Waals surface area (Å²) < 4.78 is 1.25. The molecule has 0 aromatic carbocycles. The van der Waals surface area contributed by atoms with Crippen LogP contribution in [0.15, 0.2) is 29.6 Å². The number of carbonyl (C=O) groups excluding carboxylic acids is 1. The molecule has 1 saturated heterocycles. The molecule has 0 aliphatic carbocycles. The standard InChI is InChI=1S/C13H14N4O3/c18-10-2-4-15-12(10)11(19)6-17-7-16-9-1-3-14-5-8(9)13(17)20/h1,3,5,7,10,12,15,18H,2,4,6H2/t10-,12-/m0/s1. The molecular weight excluding hydrogens is 260 g/mol. The number of Topliss-reactive ketones (excluding diaryl/α,β-unsaturated/α-hetero) is 1. The number of nitrogens with one attached hydrogen (secondary N) is 1. The number of pyridine rings is 1. The van der Waals surface area contributed by atoms with Crippen molar-refractivity contribution in [1.82, 2.24) is 19.9 Å². The summed E-state index contributed by atoms with van der Waals surface area (Å²) in [7, 11) is 0. The number of hydrogen-bond donors (Lipinski definition) is 2. The van der Waals surface area contributed by atoms with Crippen molar-refractivity contribution >= 4 is 16.7 Å². The van der Waals surface area contributed by atoms with E-state index in [4.69, 9.17) is 0 Å². The highest BCUT2D eigenvalue weighted by molar-refractivity contribution is 5.85. The Kier molecular flexibility index (Phi) is 3.29. The van der Waals surface area contributed by atoms with E-state index in [-0.39, 0.29) is 17.9 Å². The fourth-order valence-corrected chi connectivity index (χ4v) is 2.40. The van der Waals surface area contributed by atoms with E-state index >= 15 is 0 Å². The molecule has 2 aromatic rings. The molecule has 1 aliphatic rings. The van der Waals surface area contributed by atoms with Crippen LogP contribution in [0.25, 0.3) is 10.9 Å². The fraction of sp³-hybridized carbons (Fsp3) is 0.385. The summed E-state index contributed by atoms with van der Waals surface area (Å²) >= 11 is 0. The maximum Gasteiger partial charge on any atom is 0.263 e. The van der Waals surface area contributed by atoms with Crippen LogP contribution in [0, 0.1) is 0 Å². The van der Waals surface area contributed by atoms with Gasteiger partial charge in [0.25, 0.3) is 5.56 Å². The molecule has 3 heterocycles. The molecule has 1 aliphatic heterocycles. The van der Waals surface area contributed by atoms with Gasteiger partial charge in [0.2, 0.25) is 0 Å². The van der Waals surface area contributed by atoms with Gasteiger partial charge in [-0.05, 0) is 19.0 Å². The zero-order valence-electron chi connectivity index (χ0n) is 10.7. The first-order valence-corrected chi connectivity index (χ1v) is 6.40. The number of nitrogens with zero attached hydrogens (tertiary/aromatic N) is 3. The second-order valence-electron chi connectivity index (χ2n) is 4.82. The van der Waals surface area contributed by atoms with Crippen LogP contribution in [-0.4, -0.2) is 44.1 Å². The Morgan fingerprint density at radius 3 is 3.15 bits per heavy atom. The highest BCUT2D eigenvalue weighted by Gasteiger charge is 2.30. The topological polar surface area (TPSA) is 97.1 Å². The summed E-state index contributed by atoms with van der Waals surface area (Å²) in [5.41, 5.74) is 0.247. The number of carbonyl (C=O) groups is 1. The molecule has 2 atom stereocenters. The van der Waals surface area contributed by atoms with Crippen molar-refractivity contribution in [2.24, 2.45) is 0 Å². The van der Waals surface area contributed by atoms with E-state index in [1.54, 1.807) is 12.3 Å². The Morgan fingerprint density at radius 2 is 2.40 bits per heavy atom. The molecule has 0 bridgehead atoms. The Labute approximate surface area is 114 Å². The van der Waals surface area contributed by atoms with Gasteiger partial charge in [-0.2, -0.15) is 0 Å². The zero-order valence-corrected chi connectivity index (χ0v) is 10.7. The van der Waals surface area contributed by atoms with Crippen molar-refractivity contribution in [3.8, 4) is 0 Å². The van der Waals surface area contributed by atoms with E-state index in [1.165, 1.54) is 17.1 Å². The van der Waals surface area contributed by atoms with Gasteiger partial charge in [-0.1, -0.05) is 0 Å². The number of fused-ring (bicyclic) bond motifs is 1. The zero-order chi connectivity index (χ0) is 14.1. The lowest BCUT2D eigenvalue weighted by molar-refractivity contribution is -0.123. The molecule has 7 nitrogen and oxygen atoms in total. The molecule has 104 valence electrons. The first-order valence-electron chi connectivity index (χ1n) is 6.40. The van der Waals surface area contributed by atoms with Crippen LogP contribution in [0.1, 0.15) is 6.42 Å². The lowest BCUT2D eigenvalue weighted by Gasteiger charge is -2.14. The highest BCUT2D eigenvalue weighted by atomic mass is 16.3. The molecule has 1 fully saturated rings. The molecule has 0 saturated carbocycles. The van der Waals surface area contributed by atoms with Gasteiger partial charge >= 0.3 is 0 Å². The maximum atomic E-state index is 12.2. The molecule has 20 heavy (non-hydrogen) atoms. The average Bonchev–Trinajstić information content (AvgIpc) is 2.88. The van der Waals surface area contributed by atoms with Crippen LogP contribution in [0.3, 0.4) is 0 Å². The van der Waals surface area contributed by atoms with Gasteiger partial charge in [0, 0.05) is 12.4 Å². The highest BCUT2D eigenvalue weighted by Crippen LogP contribution is 2.09. The molecule has 2 aromatic heterocycles. The molecule has 0 unspecified atom stereocenters. The lowest BCUT2D eigenvalue weighted by Crippen LogP contribution is -2.41. The van der Waals surface area contributed by atoms with Gasteiger partial charge in [-0.25, -0.2) is 4.98 Å². The van der Waals surface area contributed by atoms with Crippen molar-refractivity contribution in [2.75, 3.05) is 6.54 Å². The number of hydrogen-bond acceptors (Lipinski definition) is 6. The third-order valence-electron chi connectivity index (χ3n) is 3.49. The Hall–Kier alpha value is -2.12. The van der Waals surface area contributed by atoms with Crippen molar-refractivity contribution in [3.05, 3.63) is 35.1 Å². The summed E-state index contributed by atoms with van der Waals surface area (Å²) in [4.78, 5) is 32.3. The van der Waals surface area contributed by atoms with Crippen molar-refractivity contribution < 1.29 is 9.90 Å². The summed E-state index contributed by atoms with van der Waals surface area (Å²) in [6.45, 7) is 0.498. The monoisotopic (exact) mass is 274 g/mol. The quantitative estimate of drug-likeness (QED) is 0.751. The molecular formula is C13H14N4O3. The summed E-state index contributed by atoms with van der Waals surface area (Å²) in [5, 5.41) is 13.0. The first kappa shape index (κ1) is 12.9. The molecule has 7 heteroatoms. The van der Waals surface area contributed by atoms with Gasteiger partial charge in [0.1, 0.15) is 0 Å². The third-order valence-corrected chi connectivity index (χ3v) is 3.49. The van der Waals surface area contributed by atoms with E-state index in [0.29, 0.717) is 23.9 Å². The number of aromatic nitrogens is 3. The number of rotatable bonds is 3. The first-order chi connectivity index (χ1) is 9.66. The summed E-state index contributed by atoms with van der Waals surface area (Å²) in [5.74, 6) is -0.220. The SMILES string of the molecule is O=C(Cn1cnc2ccncc2c1=O)[C@H]1NCC[C@@H]1O. The fourth-order valence-electron chi connectivity index (χ4n) is 2.40. The van der Waals surface area contributed by atoms with Crippen molar-refractivity contribution in [3.63, 3.8) is 0 Å². The number of aliphatic hydroxyl groups excluding tert-OH is 1. The van der Waals surface area contributed by atoms with E-state index in [1.807, 2.05) is 0 Å². The Balaban J connectivity index is 1.89. The molecule has 2 N–H and O–H groups in total. The van der Waals surface area contributed by atoms with Crippen molar-refractivity contribution in [2.45, 2.75) is 25.1 Å². The second-order valence-corrected chi connectivity index (χ2v) is 4.82. The third kappa shape index (κ3) is 2.21. The van der Waals surface area contributed by atoms with Crippen molar-refractivity contribution in [1.29, 1.82) is 0 Å². The smallest absolute Gasteiger partial charge is 0.263 e. The van der Waals surface area contributed by atoms with E-state index in [0.717, 1.165) is 0 Å². The summed E-state index contributed by atoms with van der Waals surface area (Å²) in [6.07, 6.45) is 4.21. The van der Waals surface area contributed by atoms with Gasteiger partial charge in [0.15, 0.2) is 5.78 Å². The van der Waals surface area contributed by atoms with E-state index in [2.05, 4.69) is 15.3 Å². The molecule has 3 rings (SSSR count). The second kappa shape index (κ2) is 5.10. The van der Waals surface area contributed by atoms with Crippen LogP contribution >= 0.6 is 0 Å². The number of ketones is 1. The largest absolute Gasteiger partial charge is 0.391 e. The minimum absolute atomic E-state index is 0.106. The van der Waals surface area contributed by atoms with Crippen LogP contribution in [0.2, 0.25) is 0 Å². The van der Waals surface area contributed by atoms with Crippen LogP contribution in [0.5, 0.6) is 0 Å². The Morgan fingerprint density at radius 1 is 1.55 bits per heavy atom.